The molecule has 0 spiro atoms. The first-order valence-corrected chi connectivity index (χ1v) is 9.59. The summed E-state index contributed by atoms with van der Waals surface area (Å²) in [7, 11) is 0. The number of para-hydroxylation sites is 2. The maximum Gasteiger partial charge on any atom is 0.265 e. The van der Waals surface area contributed by atoms with Crippen LogP contribution in [0.3, 0.4) is 0 Å². The van der Waals surface area contributed by atoms with E-state index in [9.17, 15) is 9.59 Å². The van der Waals surface area contributed by atoms with Crippen molar-refractivity contribution in [1.82, 2.24) is 5.32 Å². The molecule has 0 aromatic heterocycles. The van der Waals surface area contributed by atoms with Gasteiger partial charge in [0.1, 0.15) is 5.75 Å². The number of fused-ring (bicyclic) bond motifs is 2. The fraction of sp³-hybridized carbons (Fsp3) is 0.364. The number of hydrogen-bond acceptors (Lipinski definition) is 3. The number of nitrogens with zero attached hydrogens (tertiary/aromatic N) is 1. The summed E-state index contributed by atoms with van der Waals surface area (Å²) in [5.41, 5.74) is 3.50. The minimum atomic E-state index is -0.109. The molecule has 1 aliphatic carbocycles. The number of ether oxygens (including phenoxy) is 1. The van der Waals surface area contributed by atoms with Crippen molar-refractivity contribution in [3.8, 4) is 5.75 Å². The largest absolute Gasteiger partial charge is 0.482 e. The van der Waals surface area contributed by atoms with E-state index in [4.69, 9.17) is 4.74 Å². The van der Waals surface area contributed by atoms with Crippen molar-refractivity contribution >= 4 is 17.5 Å². The van der Waals surface area contributed by atoms with E-state index >= 15 is 0 Å². The second-order valence-electron chi connectivity index (χ2n) is 7.14. The molecule has 2 aromatic rings. The maximum absolute atomic E-state index is 12.4. The molecule has 1 unspecified atom stereocenters. The van der Waals surface area contributed by atoms with Gasteiger partial charge in [0.2, 0.25) is 5.91 Å². The highest BCUT2D eigenvalue weighted by molar-refractivity contribution is 5.98. The van der Waals surface area contributed by atoms with Gasteiger partial charge in [-0.3, -0.25) is 9.59 Å². The van der Waals surface area contributed by atoms with E-state index in [1.807, 2.05) is 24.3 Å². The molecule has 0 fully saturated rings. The summed E-state index contributed by atoms with van der Waals surface area (Å²) >= 11 is 0. The summed E-state index contributed by atoms with van der Waals surface area (Å²) in [4.78, 5) is 26.2. The first-order chi connectivity index (χ1) is 13.2. The Morgan fingerprint density at radius 3 is 2.89 bits per heavy atom. The van der Waals surface area contributed by atoms with Gasteiger partial charge in [0.25, 0.3) is 5.91 Å². The summed E-state index contributed by atoms with van der Waals surface area (Å²) in [6, 6.07) is 15.9. The van der Waals surface area contributed by atoms with Crippen molar-refractivity contribution in [1.29, 1.82) is 0 Å². The number of carbonyl (C=O) groups is 2. The molecule has 0 saturated heterocycles. The number of carbonyl (C=O) groups excluding carboxylic acids is 2. The Hall–Kier alpha value is -2.82. The van der Waals surface area contributed by atoms with Crippen LogP contribution >= 0.6 is 0 Å². The zero-order chi connectivity index (χ0) is 18.6. The fourth-order valence-corrected chi connectivity index (χ4v) is 4.00. The van der Waals surface area contributed by atoms with Gasteiger partial charge >= 0.3 is 0 Å². The molecule has 1 heterocycles. The van der Waals surface area contributed by atoms with Gasteiger partial charge in [-0.05, 0) is 42.5 Å². The molecule has 2 aromatic carbocycles. The molecular weight excluding hydrogens is 340 g/mol. The van der Waals surface area contributed by atoms with Gasteiger partial charge in [-0.2, -0.15) is 0 Å². The third-order valence-corrected chi connectivity index (χ3v) is 5.41. The molecule has 0 saturated carbocycles. The van der Waals surface area contributed by atoms with Crippen LogP contribution in [0, 0.1) is 0 Å². The molecule has 2 aliphatic rings. The Kier molecular flexibility index (Phi) is 5.10. The van der Waals surface area contributed by atoms with Gasteiger partial charge in [-0.25, -0.2) is 0 Å². The zero-order valence-corrected chi connectivity index (χ0v) is 15.3. The van der Waals surface area contributed by atoms with Crippen molar-refractivity contribution in [2.24, 2.45) is 0 Å². The van der Waals surface area contributed by atoms with E-state index in [1.54, 1.807) is 4.90 Å². The highest BCUT2D eigenvalue weighted by atomic mass is 16.5. The topological polar surface area (TPSA) is 58.6 Å². The molecule has 0 radical (unpaired) electrons. The van der Waals surface area contributed by atoms with Crippen LogP contribution in [0.4, 0.5) is 5.69 Å². The number of amides is 2. The zero-order valence-electron chi connectivity index (χ0n) is 15.3. The number of hydrogen-bond donors (Lipinski definition) is 1. The molecule has 5 nitrogen and oxygen atoms in total. The van der Waals surface area contributed by atoms with E-state index in [1.165, 1.54) is 11.1 Å². The second kappa shape index (κ2) is 7.82. The predicted molar refractivity (Wildman–Crippen MR) is 104 cm³/mol. The maximum atomic E-state index is 12.4. The van der Waals surface area contributed by atoms with Gasteiger partial charge in [0, 0.05) is 25.4 Å². The molecule has 5 heteroatoms. The quantitative estimate of drug-likeness (QED) is 0.887. The minimum Gasteiger partial charge on any atom is -0.482 e. The average molecular weight is 364 g/mol. The van der Waals surface area contributed by atoms with Crippen LogP contribution in [-0.2, 0) is 16.0 Å². The summed E-state index contributed by atoms with van der Waals surface area (Å²) in [5.74, 6) is 0.943. The van der Waals surface area contributed by atoms with E-state index in [-0.39, 0.29) is 24.8 Å². The van der Waals surface area contributed by atoms with Crippen LogP contribution in [0.5, 0.6) is 5.75 Å². The van der Waals surface area contributed by atoms with Crippen molar-refractivity contribution in [2.45, 2.75) is 31.6 Å². The van der Waals surface area contributed by atoms with Crippen LogP contribution in [0.1, 0.15) is 36.3 Å². The highest BCUT2D eigenvalue weighted by Gasteiger charge is 2.26. The molecular formula is C22H24N2O3. The Morgan fingerprint density at radius 1 is 1.15 bits per heavy atom. The van der Waals surface area contributed by atoms with Gasteiger partial charge in [0.15, 0.2) is 6.61 Å². The number of nitrogens with one attached hydrogen (secondary N) is 1. The fourth-order valence-electron chi connectivity index (χ4n) is 4.00. The lowest BCUT2D eigenvalue weighted by Gasteiger charge is -2.29. The highest BCUT2D eigenvalue weighted by Crippen LogP contribution is 2.32. The van der Waals surface area contributed by atoms with Gasteiger partial charge in [-0.1, -0.05) is 36.4 Å². The van der Waals surface area contributed by atoms with Crippen LogP contribution in [0.25, 0.3) is 0 Å². The average Bonchev–Trinajstić information content (AvgIpc) is 2.71. The number of rotatable bonds is 5. The lowest BCUT2D eigenvalue weighted by Crippen LogP contribution is -2.41. The van der Waals surface area contributed by atoms with Crippen molar-refractivity contribution < 1.29 is 14.3 Å². The molecule has 1 aliphatic heterocycles. The molecule has 2 amide bonds. The van der Waals surface area contributed by atoms with Crippen molar-refractivity contribution in [3.05, 3.63) is 59.7 Å². The first-order valence-electron chi connectivity index (χ1n) is 9.59. The number of aryl methyl sites for hydroxylation is 1. The molecule has 27 heavy (non-hydrogen) atoms. The first kappa shape index (κ1) is 17.6. The summed E-state index contributed by atoms with van der Waals surface area (Å²) in [5, 5.41) is 3.06. The summed E-state index contributed by atoms with van der Waals surface area (Å²) < 4.78 is 5.44. The third-order valence-electron chi connectivity index (χ3n) is 5.41. The van der Waals surface area contributed by atoms with Gasteiger partial charge in [-0.15, -0.1) is 0 Å². The number of benzene rings is 2. The minimum absolute atomic E-state index is 0.0187. The normalized spacial score (nSPS) is 18.3. The Bertz CT molecular complexity index is 849. The van der Waals surface area contributed by atoms with E-state index in [2.05, 4.69) is 29.6 Å². The van der Waals surface area contributed by atoms with Crippen LogP contribution in [0.15, 0.2) is 48.5 Å². The third kappa shape index (κ3) is 3.82. The van der Waals surface area contributed by atoms with Crippen LogP contribution < -0.4 is 15.0 Å². The van der Waals surface area contributed by atoms with Crippen LogP contribution in [-0.4, -0.2) is 31.5 Å². The Labute approximate surface area is 159 Å². The van der Waals surface area contributed by atoms with Crippen molar-refractivity contribution in [2.75, 3.05) is 24.6 Å². The van der Waals surface area contributed by atoms with Gasteiger partial charge in [0.05, 0.1) is 5.69 Å². The van der Waals surface area contributed by atoms with E-state index in [0.29, 0.717) is 24.8 Å². The SMILES string of the molecule is O=C(CCN1C(=O)COc2ccccc21)NCC1CCCc2ccccc21. The molecule has 1 atom stereocenters. The smallest absolute Gasteiger partial charge is 0.265 e. The molecule has 4 rings (SSSR count). The lowest BCUT2D eigenvalue weighted by molar-refractivity contribution is -0.122. The summed E-state index contributed by atoms with van der Waals surface area (Å²) in [6.45, 7) is 1.05. The van der Waals surface area contributed by atoms with Gasteiger partial charge < -0.3 is 15.0 Å². The monoisotopic (exact) mass is 364 g/mol. The molecule has 0 bridgehead atoms. The Balaban J connectivity index is 1.33. The van der Waals surface area contributed by atoms with Crippen molar-refractivity contribution in [3.63, 3.8) is 0 Å². The number of anilines is 1. The molecule has 140 valence electrons. The second-order valence-corrected chi connectivity index (χ2v) is 7.14. The molecule has 1 N–H and O–H groups in total. The standard InChI is InChI=1S/C22H24N2O3/c25-21(23-14-17-8-5-7-16-6-1-2-9-18(16)17)12-13-24-19-10-3-4-11-20(19)27-15-22(24)26/h1-4,6,9-11,17H,5,7-8,12-15H2,(H,23,25). The predicted octanol–water partition coefficient (Wildman–Crippen LogP) is 3.04. The Morgan fingerprint density at radius 2 is 1.96 bits per heavy atom. The summed E-state index contributed by atoms with van der Waals surface area (Å²) in [6.07, 6.45) is 3.68. The van der Waals surface area contributed by atoms with E-state index < -0.39 is 0 Å². The van der Waals surface area contributed by atoms with Crippen LogP contribution in [0.2, 0.25) is 0 Å². The lowest BCUT2D eigenvalue weighted by atomic mass is 9.83. The van der Waals surface area contributed by atoms with E-state index in [0.717, 1.165) is 24.9 Å².